The second-order valence-electron chi connectivity index (χ2n) is 14.7. The average Bonchev–Trinajstić information content (AvgIpc) is 3.65. The first-order valence-electron chi connectivity index (χ1n) is 19.4. The SMILES string of the molecule is COc1c(Nc2c(Nc3cccc(F)c3Cl)c(=O)c2=O)cccc1C(=O)N1CCC2(CCNC2=O)CC1.COc1c(Nc2c(Nc3cccc(F)c3Cl)c(=O)c2=O)cccc1C(=O)O. The number of carboxylic acid groups (broad SMARTS) is 1. The van der Waals surface area contributed by atoms with Crippen molar-refractivity contribution in [3.05, 3.63) is 146 Å². The number of ether oxygens (including phenoxy) is 2. The number of amides is 2. The number of anilines is 8. The Morgan fingerprint density at radius 3 is 1.42 bits per heavy atom. The minimum Gasteiger partial charge on any atom is -0.494 e. The Morgan fingerprint density at radius 2 is 1.02 bits per heavy atom. The van der Waals surface area contributed by atoms with Crippen LogP contribution >= 0.6 is 23.2 Å². The van der Waals surface area contributed by atoms with Crippen molar-refractivity contribution in [1.82, 2.24) is 10.2 Å². The van der Waals surface area contributed by atoms with Crippen molar-refractivity contribution in [3.8, 4) is 11.5 Å². The van der Waals surface area contributed by atoms with Gasteiger partial charge in [0.1, 0.15) is 39.9 Å². The Kier molecular flexibility index (Phi) is 12.7. The van der Waals surface area contributed by atoms with E-state index in [1.807, 2.05) is 0 Å². The first-order chi connectivity index (χ1) is 30.6. The maximum absolute atomic E-state index is 13.8. The molecule has 6 N–H and O–H groups in total. The smallest absolute Gasteiger partial charge is 0.339 e. The Bertz CT molecular complexity index is 2990. The molecule has 330 valence electrons. The minimum atomic E-state index is -1.22. The Balaban J connectivity index is 0.000000201. The zero-order chi connectivity index (χ0) is 46.0. The van der Waals surface area contributed by atoms with E-state index in [9.17, 15) is 47.4 Å². The average molecular weight is 918 g/mol. The number of carboxylic acids is 1. The first-order valence-corrected chi connectivity index (χ1v) is 20.1. The van der Waals surface area contributed by atoms with Gasteiger partial charge in [0.2, 0.25) is 5.91 Å². The van der Waals surface area contributed by atoms with Crippen LogP contribution in [0.1, 0.15) is 40.0 Å². The third-order valence-electron chi connectivity index (χ3n) is 11.0. The number of nitrogens with one attached hydrogen (secondary N) is 5. The van der Waals surface area contributed by atoms with Gasteiger partial charge in [0.05, 0.1) is 58.0 Å². The van der Waals surface area contributed by atoms with Crippen LogP contribution < -0.4 is 57.8 Å². The van der Waals surface area contributed by atoms with Crippen LogP contribution in [0.5, 0.6) is 11.5 Å². The zero-order valence-corrected chi connectivity index (χ0v) is 35.3. The number of hydrogen-bond donors (Lipinski definition) is 6. The van der Waals surface area contributed by atoms with Gasteiger partial charge in [-0.3, -0.25) is 28.8 Å². The van der Waals surface area contributed by atoms with E-state index in [1.165, 1.54) is 62.8 Å². The highest BCUT2D eigenvalue weighted by Gasteiger charge is 2.45. The third-order valence-corrected chi connectivity index (χ3v) is 11.8. The van der Waals surface area contributed by atoms with Crippen LogP contribution in [0, 0.1) is 17.0 Å². The molecule has 16 nitrogen and oxygen atoms in total. The van der Waals surface area contributed by atoms with Gasteiger partial charge in [0, 0.05) is 19.6 Å². The van der Waals surface area contributed by atoms with Crippen LogP contribution in [0.2, 0.25) is 10.0 Å². The predicted octanol–water partition coefficient (Wildman–Crippen LogP) is 6.58. The fourth-order valence-corrected chi connectivity index (χ4v) is 7.90. The summed E-state index contributed by atoms with van der Waals surface area (Å²) in [5.41, 5.74) is -3.06. The van der Waals surface area contributed by atoms with Crippen LogP contribution in [0.3, 0.4) is 0 Å². The van der Waals surface area contributed by atoms with Gasteiger partial charge in [-0.05, 0) is 67.8 Å². The van der Waals surface area contributed by atoms with Gasteiger partial charge < -0.3 is 46.1 Å². The number of nitrogens with zero attached hydrogens (tertiary/aromatic N) is 1. The van der Waals surface area contributed by atoms with Crippen LogP contribution in [0.15, 0.2) is 92.0 Å². The van der Waals surface area contributed by atoms with Crippen molar-refractivity contribution in [3.63, 3.8) is 0 Å². The van der Waals surface area contributed by atoms with Gasteiger partial charge in [-0.25, -0.2) is 13.6 Å². The maximum Gasteiger partial charge on any atom is 0.339 e. The fraction of sp³-hybridized carbons (Fsp3) is 0.205. The molecule has 0 unspecified atom stereocenters. The summed E-state index contributed by atoms with van der Waals surface area (Å²) in [6.45, 7) is 1.54. The highest BCUT2D eigenvalue weighted by Crippen LogP contribution is 2.40. The lowest BCUT2D eigenvalue weighted by molar-refractivity contribution is -0.129. The summed E-state index contributed by atoms with van der Waals surface area (Å²) in [5.74, 6) is -2.59. The molecule has 64 heavy (non-hydrogen) atoms. The van der Waals surface area contributed by atoms with Crippen molar-refractivity contribution in [2.75, 3.05) is 55.1 Å². The van der Waals surface area contributed by atoms with Crippen LogP contribution in [-0.2, 0) is 4.79 Å². The number of methoxy groups -OCH3 is 2. The summed E-state index contributed by atoms with van der Waals surface area (Å²) in [4.78, 5) is 87.2. The molecule has 2 heterocycles. The van der Waals surface area contributed by atoms with Crippen LogP contribution in [0.4, 0.5) is 54.3 Å². The molecule has 0 aromatic heterocycles. The molecular weight excluding hydrogens is 881 g/mol. The molecule has 8 rings (SSSR count). The standard InChI is InChI=1S/C26H24ClFN4O5.C18H12ClFN2O5/c1-37-23-14(24(35)32-12-9-26(10-13-32)8-11-29-25(26)36)4-2-7-17(23)31-20-19(21(33)22(20)34)30-16-6-3-5-15(28)18(16)27;1-27-17-8(18(25)26)4-2-7-11(17)22-14-13(15(23)16(14)24)21-10-6-3-5-9(20)12(10)19/h2-7,30-31H,8-13H2,1H3,(H,29,36);2-7,21-22H,1H3,(H,25,26). The molecule has 2 aliphatic rings. The normalized spacial score (nSPS) is 14.1. The van der Waals surface area contributed by atoms with E-state index in [4.69, 9.17) is 32.7 Å². The van der Waals surface area contributed by atoms with Crippen molar-refractivity contribution in [1.29, 1.82) is 0 Å². The van der Waals surface area contributed by atoms with E-state index < -0.39 is 44.7 Å². The molecule has 2 amide bonds. The Hall–Kier alpha value is -7.31. The van der Waals surface area contributed by atoms with Crippen LogP contribution in [0.25, 0.3) is 0 Å². The molecule has 2 aliphatic heterocycles. The largest absolute Gasteiger partial charge is 0.494 e. The van der Waals surface area contributed by atoms with E-state index >= 15 is 0 Å². The van der Waals surface area contributed by atoms with Gasteiger partial charge in [-0.1, -0.05) is 47.5 Å². The molecular formula is C44H36Cl2F2N6O10. The summed E-state index contributed by atoms with van der Waals surface area (Å²) in [6, 6.07) is 17.2. The lowest BCUT2D eigenvalue weighted by Gasteiger charge is -2.37. The summed E-state index contributed by atoms with van der Waals surface area (Å²) >= 11 is 11.8. The van der Waals surface area contributed by atoms with E-state index in [2.05, 4.69) is 26.6 Å². The number of benzene rings is 4. The molecule has 2 saturated heterocycles. The number of aromatic carboxylic acids is 1. The van der Waals surface area contributed by atoms with E-state index in [0.717, 1.165) is 12.5 Å². The molecule has 20 heteroatoms. The summed E-state index contributed by atoms with van der Waals surface area (Å²) in [6.07, 6.45) is 1.95. The van der Waals surface area contributed by atoms with Crippen molar-refractivity contribution in [2.45, 2.75) is 19.3 Å². The molecule has 0 bridgehead atoms. The molecule has 0 aliphatic carbocycles. The maximum atomic E-state index is 13.8. The van der Waals surface area contributed by atoms with Gasteiger partial charge in [0.15, 0.2) is 11.5 Å². The van der Waals surface area contributed by atoms with Gasteiger partial charge >= 0.3 is 5.97 Å². The lowest BCUT2D eigenvalue weighted by Crippen LogP contribution is -2.46. The molecule has 1 spiro atoms. The molecule has 2 fully saturated rings. The predicted molar refractivity (Wildman–Crippen MR) is 237 cm³/mol. The molecule has 0 atom stereocenters. The zero-order valence-electron chi connectivity index (χ0n) is 33.8. The second-order valence-corrected chi connectivity index (χ2v) is 15.4. The number of piperidine rings is 1. The number of carbonyl (C=O) groups excluding carboxylic acids is 2. The topological polar surface area (TPSA) is 222 Å². The molecule has 0 saturated carbocycles. The third kappa shape index (κ3) is 8.32. The number of rotatable bonds is 12. The Labute approximate surface area is 371 Å². The number of halogens is 4. The van der Waals surface area contributed by atoms with Crippen molar-refractivity contribution >= 4 is 86.5 Å². The highest BCUT2D eigenvalue weighted by atomic mass is 35.5. The number of hydrogen-bond acceptors (Lipinski definition) is 13. The van der Waals surface area contributed by atoms with Crippen molar-refractivity contribution in [2.24, 2.45) is 5.41 Å². The second kappa shape index (κ2) is 18.2. The van der Waals surface area contributed by atoms with Crippen LogP contribution in [-0.4, -0.2) is 61.6 Å². The minimum absolute atomic E-state index is 0.00668. The number of likely N-dealkylation sites (tertiary alicyclic amines) is 1. The monoisotopic (exact) mass is 916 g/mol. The van der Waals surface area contributed by atoms with E-state index in [-0.39, 0.29) is 84.3 Å². The lowest BCUT2D eigenvalue weighted by atomic mass is 9.77. The van der Waals surface area contributed by atoms with E-state index in [0.29, 0.717) is 38.2 Å². The number of para-hydroxylation sites is 2. The van der Waals surface area contributed by atoms with E-state index in [1.54, 1.807) is 23.1 Å². The summed E-state index contributed by atoms with van der Waals surface area (Å²) < 4.78 is 38.0. The van der Waals surface area contributed by atoms with Crippen molar-refractivity contribution < 1.29 is 37.7 Å². The summed E-state index contributed by atoms with van der Waals surface area (Å²) in [7, 11) is 2.68. The Morgan fingerprint density at radius 1 is 0.625 bits per heavy atom. The highest BCUT2D eigenvalue weighted by molar-refractivity contribution is 6.34. The van der Waals surface area contributed by atoms with Gasteiger partial charge in [-0.15, -0.1) is 0 Å². The fourth-order valence-electron chi connectivity index (χ4n) is 7.55. The molecule has 6 aromatic rings. The molecule has 6 aromatic carbocycles. The summed E-state index contributed by atoms with van der Waals surface area (Å²) in [5, 5.41) is 22.6. The van der Waals surface area contributed by atoms with Gasteiger partial charge in [0.25, 0.3) is 27.6 Å². The molecule has 0 radical (unpaired) electrons. The quantitative estimate of drug-likeness (QED) is 0.0715. The first kappa shape index (κ1) is 44.7. The number of carbonyl (C=O) groups is 3. The van der Waals surface area contributed by atoms with Gasteiger partial charge in [-0.2, -0.15) is 0 Å².